The van der Waals surface area contributed by atoms with Crippen LogP contribution in [0.2, 0.25) is 0 Å². The number of aliphatic imine (C=N–C) groups is 1. The first-order chi connectivity index (χ1) is 12.2. The van der Waals surface area contributed by atoms with Crippen molar-refractivity contribution in [3.05, 3.63) is 0 Å². The third kappa shape index (κ3) is 11.9. The quantitative estimate of drug-likeness (QED) is 0.131. The molecule has 1 atom stereocenters. The van der Waals surface area contributed by atoms with Crippen LogP contribution in [-0.4, -0.2) is 49.4 Å². The van der Waals surface area contributed by atoms with Gasteiger partial charge in [0.2, 0.25) is 0 Å². The molecular formula is C19H38IN3O3. The molecular weight excluding hydrogens is 445 g/mol. The van der Waals surface area contributed by atoms with Gasteiger partial charge in [-0.15, -0.1) is 24.0 Å². The van der Waals surface area contributed by atoms with Crippen LogP contribution >= 0.6 is 24.0 Å². The molecule has 6 nitrogen and oxygen atoms in total. The molecule has 0 spiro atoms. The van der Waals surface area contributed by atoms with Gasteiger partial charge in [-0.05, 0) is 57.8 Å². The molecule has 154 valence electrons. The summed E-state index contributed by atoms with van der Waals surface area (Å²) in [5.74, 6) is 1.12. The second-order valence-corrected chi connectivity index (χ2v) is 6.81. The van der Waals surface area contributed by atoms with Crippen molar-refractivity contribution in [2.75, 3.05) is 26.2 Å². The number of carbonyl (C=O) groups excluding carboxylic acids is 1. The zero-order valence-corrected chi connectivity index (χ0v) is 18.8. The topological polar surface area (TPSA) is 83.0 Å². The van der Waals surface area contributed by atoms with Gasteiger partial charge in [-0.2, -0.15) is 0 Å². The van der Waals surface area contributed by atoms with Crippen LogP contribution in [0.4, 0.5) is 0 Å². The van der Waals surface area contributed by atoms with Gasteiger partial charge in [-0.1, -0.05) is 13.3 Å². The smallest absolute Gasteiger partial charge is 0.306 e. The Morgan fingerprint density at radius 1 is 1.23 bits per heavy atom. The maximum atomic E-state index is 11.8. The number of aliphatic hydroxyl groups excluding tert-OH is 1. The second kappa shape index (κ2) is 16.6. The molecule has 0 bridgehead atoms. The fourth-order valence-electron chi connectivity index (χ4n) is 3.17. The largest absolute Gasteiger partial charge is 0.462 e. The number of guanidine groups is 1. The molecule has 1 aliphatic carbocycles. The lowest BCUT2D eigenvalue weighted by Gasteiger charge is -2.15. The lowest BCUT2D eigenvalue weighted by atomic mass is 10.0. The second-order valence-electron chi connectivity index (χ2n) is 6.81. The molecule has 1 rings (SSSR count). The third-order valence-corrected chi connectivity index (χ3v) is 4.54. The summed E-state index contributed by atoms with van der Waals surface area (Å²) in [5, 5.41) is 15.6. The van der Waals surface area contributed by atoms with Crippen molar-refractivity contribution in [2.24, 2.45) is 10.9 Å². The molecule has 7 heteroatoms. The maximum Gasteiger partial charge on any atom is 0.306 e. The fraction of sp³-hybridized carbons (Fsp3) is 0.895. The van der Waals surface area contributed by atoms with Gasteiger partial charge >= 0.3 is 5.97 Å². The average molecular weight is 483 g/mol. The van der Waals surface area contributed by atoms with Crippen LogP contribution in [0.1, 0.15) is 71.6 Å². The molecule has 1 saturated carbocycles. The first-order valence-electron chi connectivity index (χ1n) is 10.0. The normalized spacial score (nSPS) is 16.0. The van der Waals surface area contributed by atoms with Gasteiger partial charge in [0.15, 0.2) is 5.96 Å². The van der Waals surface area contributed by atoms with Gasteiger partial charge in [0.25, 0.3) is 0 Å². The van der Waals surface area contributed by atoms with E-state index >= 15 is 0 Å². The van der Waals surface area contributed by atoms with E-state index in [9.17, 15) is 4.79 Å². The monoisotopic (exact) mass is 483 g/mol. The van der Waals surface area contributed by atoms with E-state index in [1.807, 2.05) is 6.92 Å². The van der Waals surface area contributed by atoms with Crippen LogP contribution in [0.3, 0.4) is 0 Å². The van der Waals surface area contributed by atoms with Crippen molar-refractivity contribution in [2.45, 2.75) is 77.7 Å². The van der Waals surface area contributed by atoms with E-state index < -0.39 is 0 Å². The van der Waals surface area contributed by atoms with Crippen molar-refractivity contribution in [1.29, 1.82) is 0 Å². The number of hydrogen-bond donors (Lipinski definition) is 3. The minimum Gasteiger partial charge on any atom is -0.462 e. The van der Waals surface area contributed by atoms with E-state index in [-0.39, 0.29) is 42.7 Å². The summed E-state index contributed by atoms with van der Waals surface area (Å²) in [4.78, 5) is 16.4. The summed E-state index contributed by atoms with van der Waals surface area (Å²) < 4.78 is 5.46. The predicted octanol–water partition coefficient (Wildman–Crippen LogP) is 3.22. The van der Waals surface area contributed by atoms with Gasteiger partial charge in [0, 0.05) is 32.7 Å². The molecule has 0 aromatic carbocycles. The summed E-state index contributed by atoms with van der Waals surface area (Å²) in [5.41, 5.74) is 0. The zero-order valence-electron chi connectivity index (χ0n) is 16.5. The Bertz CT molecular complexity index is 382. The standard InChI is InChI=1S/C19H37N3O3.HI/c1-3-8-16(12-14-23)15-22-19(20-4-2)21-13-7-11-18(24)25-17-9-5-6-10-17;/h16-17,23H,3-15H2,1-2H3,(H2,20,21,22);1H. The van der Waals surface area contributed by atoms with Crippen LogP contribution in [-0.2, 0) is 9.53 Å². The van der Waals surface area contributed by atoms with Gasteiger partial charge in [-0.3, -0.25) is 9.79 Å². The minimum absolute atomic E-state index is 0. The number of ether oxygens (including phenoxy) is 1. The SMILES string of the molecule is CCCC(CCO)CN=C(NCC)NCCCC(=O)OC1CCCC1.I. The molecule has 26 heavy (non-hydrogen) atoms. The number of aliphatic hydroxyl groups is 1. The molecule has 1 unspecified atom stereocenters. The molecule has 0 aromatic rings. The molecule has 1 aliphatic rings. The molecule has 0 amide bonds. The van der Waals surface area contributed by atoms with Gasteiger partial charge in [-0.25, -0.2) is 0 Å². The molecule has 0 aromatic heterocycles. The fourth-order valence-corrected chi connectivity index (χ4v) is 3.17. The average Bonchev–Trinajstić information content (AvgIpc) is 3.09. The van der Waals surface area contributed by atoms with E-state index in [0.29, 0.717) is 25.4 Å². The molecule has 3 N–H and O–H groups in total. The summed E-state index contributed by atoms with van der Waals surface area (Å²) in [6.45, 7) is 6.62. The first kappa shape index (κ1) is 25.4. The van der Waals surface area contributed by atoms with Crippen LogP contribution in [0.5, 0.6) is 0 Å². The van der Waals surface area contributed by atoms with Crippen molar-refractivity contribution in [3.8, 4) is 0 Å². The Morgan fingerprint density at radius 3 is 2.58 bits per heavy atom. The van der Waals surface area contributed by atoms with Crippen LogP contribution in [0.25, 0.3) is 0 Å². The van der Waals surface area contributed by atoms with Gasteiger partial charge in [0.1, 0.15) is 6.10 Å². The number of nitrogens with one attached hydrogen (secondary N) is 2. The first-order valence-corrected chi connectivity index (χ1v) is 10.0. The maximum absolute atomic E-state index is 11.8. The van der Waals surface area contributed by atoms with Crippen molar-refractivity contribution in [1.82, 2.24) is 10.6 Å². The van der Waals surface area contributed by atoms with E-state index in [2.05, 4.69) is 22.5 Å². The van der Waals surface area contributed by atoms with Crippen LogP contribution in [0.15, 0.2) is 4.99 Å². The number of carbonyl (C=O) groups is 1. The number of hydrogen-bond acceptors (Lipinski definition) is 4. The molecule has 0 aliphatic heterocycles. The lowest BCUT2D eigenvalue weighted by Crippen LogP contribution is -2.38. The van der Waals surface area contributed by atoms with E-state index in [0.717, 1.165) is 51.0 Å². The van der Waals surface area contributed by atoms with Crippen molar-refractivity contribution in [3.63, 3.8) is 0 Å². The highest BCUT2D eigenvalue weighted by Gasteiger charge is 2.18. The van der Waals surface area contributed by atoms with Crippen LogP contribution in [0, 0.1) is 5.92 Å². The summed E-state index contributed by atoms with van der Waals surface area (Å²) in [6, 6.07) is 0. The zero-order chi connectivity index (χ0) is 18.3. The van der Waals surface area contributed by atoms with Gasteiger partial charge in [0.05, 0.1) is 0 Å². The Morgan fingerprint density at radius 2 is 1.96 bits per heavy atom. The number of esters is 1. The number of nitrogens with zero attached hydrogens (tertiary/aromatic N) is 1. The Labute approximate surface area is 176 Å². The predicted molar refractivity (Wildman–Crippen MR) is 117 cm³/mol. The summed E-state index contributed by atoms with van der Waals surface area (Å²) in [7, 11) is 0. The molecule has 1 fully saturated rings. The third-order valence-electron chi connectivity index (χ3n) is 4.54. The van der Waals surface area contributed by atoms with E-state index in [1.54, 1.807) is 0 Å². The van der Waals surface area contributed by atoms with Crippen molar-refractivity contribution < 1.29 is 14.6 Å². The summed E-state index contributed by atoms with van der Waals surface area (Å²) in [6.07, 6.45) is 8.72. The minimum atomic E-state index is -0.0819. The molecule has 0 heterocycles. The van der Waals surface area contributed by atoms with Gasteiger partial charge < -0.3 is 20.5 Å². The van der Waals surface area contributed by atoms with E-state index in [1.165, 1.54) is 12.8 Å². The Hall–Kier alpha value is -0.570. The Kier molecular flexibility index (Phi) is 16.2. The summed E-state index contributed by atoms with van der Waals surface area (Å²) >= 11 is 0. The number of rotatable bonds is 12. The van der Waals surface area contributed by atoms with Crippen molar-refractivity contribution >= 4 is 35.9 Å². The highest BCUT2D eigenvalue weighted by atomic mass is 127. The van der Waals surface area contributed by atoms with Crippen LogP contribution < -0.4 is 10.6 Å². The highest BCUT2D eigenvalue weighted by Crippen LogP contribution is 2.21. The number of halogens is 1. The lowest BCUT2D eigenvalue weighted by molar-refractivity contribution is -0.148. The van der Waals surface area contributed by atoms with E-state index in [4.69, 9.17) is 9.84 Å². The highest BCUT2D eigenvalue weighted by molar-refractivity contribution is 14.0. The Balaban J connectivity index is 0.00000625. The molecule has 0 radical (unpaired) electrons. The molecule has 0 saturated heterocycles.